The molecule has 0 radical (unpaired) electrons. The Balaban J connectivity index is 1.30. The molecule has 0 bridgehead atoms. The van der Waals surface area contributed by atoms with E-state index in [1.807, 2.05) is 4.72 Å². The number of carbonyl (C=O) groups is 5. The molecule has 324 valence electrons. The zero-order valence-electron chi connectivity index (χ0n) is 33.8. The molecule has 0 spiro atoms. The standard InChI is InChI=1S/C38H53F2N9O9S/c1-6-58-36(54)41-28(21-10-8-7-9-11-21)33(51)42-29(37(2,3)4)34(52)48-20-23(49-45-31(44-47-49)22-12-14-24(57-5)15-13-22)18-27(48)32(50)43-38(19-26(38)30(39)40)35(53)46-59(55,56)25-16-17-25/h12-15,21,23,25-30H,6-11,16-20H2,1-5H3,(H,41,54)(H,42,51)(H,43,50)(H,46,53)/t23-,26+,27?,28+,29-,38-/m1/s1. The van der Waals surface area contributed by atoms with Crippen LogP contribution in [0.4, 0.5) is 13.6 Å². The number of carbonyl (C=O) groups excluding carboxylic acids is 5. The van der Waals surface area contributed by atoms with Crippen molar-refractivity contribution in [2.45, 2.75) is 127 Å². The summed E-state index contributed by atoms with van der Waals surface area (Å²) in [5, 5.41) is 20.0. The lowest BCUT2D eigenvalue weighted by atomic mass is 9.82. The Morgan fingerprint density at radius 3 is 2.25 bits per heavy atom. The molecule has 3 aliphatic carbocycles. The van der Waals surface area contributed by atoms with Crippen LogP contribution in [0, 0.1) is 17.3 Å². The first-order valence-corrected chi connectivity index (χ1v) is 21.6. The number of likely N-dealkylation sites (tertiary alicyclic amines) is 1. The minimum absolute atomic E-state index is 0.0765. The van der Waals surface area contributed by atoms with Crippen LogP contribution < -0.4 is 25.4 Å². The molecule has 4 N–H and O–H groups in total. The van der Waals surface area contributed by atoms with E-state index in [9.17, 15) is 41.2 Å². The minimum Gasteiger partial charge on any atom is -0.497 e. The average Bonchev–Trinajstić information content (AvgIpc) is 4.08. The van der Waals surface area contributed by atoms with E-state index in [0.717, 1.165) is 19.3 Å². The number of rotatable bonds is 15. The fourth-order valence-electron chi connectivity index (χ4n) is 7.96. The molecule has 4 fully saturated rings. The van der Waals surface area contributed by atoms with E-state index in [-0.39, 0.29) is 31.3 Å². The topological polar surface area (TPSA) is 233 Å². The van der Waals surface area contributed by atoms with E-state index in [0.29, 0.717) is 37.0 Å². The SMILES string of the molecule is CCOC(=O)N[C@H](C(=O)N[C@H](C(=O)N1C[C@H](n2nnc(-c3ccc(OC)cc3)n2)CC1C(=O)N[C@]1(C(=O)NS(=O)(=O)C2CC2)C[C@H]1C(F)F)C(C)(C)C)C1CCCCC1. The van der Waals surface area contributed by atoms with Crippen LogP contribution in [-0.4, -0.2) is 119 Å². The number of amides is 5. The summed E-state index contributed by atoms with van der Waals surface area (Å²) in [7, 11) is -2.64. The number of nitrogens with one attached hydrogen (secondary N) is 4. The normalized spacial score (nSPS) is 24.5. The molecule has 1 aromatic heterocycles. The molecule has 6 rings (SSSR count). The third-order valence-electron chi connectivity index (χ3n) is 11.6. The van der Waals surface area contributed by atoms with E-state index in [2.05, 4.69) is 31.4 Å². The molecule has 5 amide bonds. The van der Waals surface area contributed by atoms with Gasteiger partial charge in [0.05, 0.1) is 30.9 Å². The third kappa shape index (κ3) is 9.75. The van der Waals surface area contributed by atoms with Crippen LogP contribution in [0.2, 0.25) is 0 Å². The molecule has 6 atom stereocenters. The summed E-state index contributed by atoms with van der Waals surface area (Å²) < 4.78 is 66.0. The van der Waals surface area contributed by atoms with Crippen molar-refractivity contribution < 1.29 is 50.6 Å². The molecule has 2 aromatic rings. The van der Waals surface area contributed by atoms with Crippen molar-refractivity contribution in [3.8, 4) is 17.1 Å². The Kier molecular flexibility index (Phi) is 12.8. The lowest BCUT2D eigenvalue weighted by Crippen LogP contribution is -2.62. The van der Waals surface area contributed by atoms with Gasteiger partial charge in [-0.3, -0.25) is 23.9 Å². The van der Waals surface area contributed by atoms with Crippen LogP contribution in [-0.2, 0) is 33.9 Å². The van der Waals surface area contributed by atoms with E-state index < -0.39 is 98.9 Å². The van der Waals surface area contributed by atoms with E-state index in [1.165, 1.54) is 16.8 Å². The highest BCUT2D eigenvalue weighted by atomic mass is 32.2. The number of ether oxygens (including phenoxy) is 2. The minimum atomic E-state index is -4.16. The molecule has 59 heavy (non-hydrogen) atoms. The van der Waals surface area contributed by atoms with Crippen LogP contribution in [0.5, 0.6) is 5.75 Å². The van der Waals surface area contributed by atoms with Crippen molar-refractivity contribution in [1.29, 1.82) is 0 Å². The summed E-state index contributed by atoms with van der Waals surface area (Å²) in [6.45, 7) is 6.65. The van der Waals surface area contributed by atoms with E-state index >= 15 is 0 Å². The maximum atomic E-state index is 14.9. The maximum Gasteiger partial charge on any atom is 0.407 e. The predicted molar refractivity (Wildman–Crippen MR) is 206 cm³/mol. The van der Waals surface area contributed by atoms with Gasteiger partial charge in [0.25, 0.3) is 5.91 Å². The third-order valence-corrected chi connectivity index (χ3v) is 13.4. The van der Waals surface area contributed by atoms with Crippen molar-refractivity contribution in [1.82, 2.24) is 45.8 Å². The van der Waals surface area contributed by atoms with Gasteiger partial charge in [0.2, 0.25) is 40.0 Å². The maximum absolute atomic E-state index is 14.9. The van der Waals surface area contributed by atoms with Crippen molar-refractivity contribution in [3.05, 3.63) is 24.3 Å². The number of hydrogen-bond donors (Lipinski definition) is 4. The second-order valence-corrected chi connectivity index (χ2v) is 18.8. The number of alkyl halides is 2. The fraction of sp³-hybridized carbons (Fsp3) is 0.684. The first kappa shape index (κ1) is 43.6. The van der Waals surface area contributed by atoms with Gasteiger partial charge in [-0.25, -0.2) is 22.0 Å². The first-order chi connectivity index (χ1) is 27.9. The number of methoxy groups -OCH3 is 1. The Labute approximate surface area is 341 Å². The smallest absolute Gasteiger partial charge is 0.407 e. The number of benzene rings is 1. The predicted octanol–water partition coefficient (Wildman–Crippen LogP) is 2.47. The van der Waals surface area contributed by atoms with Crippen LogP contribution in [0.3, 0.4) is 0 Å². The zero-order chi connectivity index (χ0) is 42.9. The first-order valence-electron chi connectivity index (χ1n) is 20.0. The molecule has 1 unspecified atom stereocenters. The summed E-state index contributed by atoms with van der Waals surface area (Å²) in [5.41, 5.74) is -2.63. The second kappa shape index (κ2) is 17.3. The van der Waals surface area contributed by atoms with E-state index in [4.69, 9.17) is 9.47 Å². The van der Waals surface area contributed by atoms with Crippen molar-refractivity contribution in [2.75, 3.05) is 20.3 Å². The number of alkyl carbamates (subject to hydrolysis) is 1. The highest BCUT2D eigenvalue weighted by Crippen LogP contribution is 2.48. The highest BCUT2D eigenvalue weighted by molar-refractivity contribution is 7.91. The second-order valence-electron chi connectivity index (χ2n) is 16.9. The zero-order valence-corrected chi connectivity index (χ0v) is 34.6. The summed E-state index contributed by atoms with van der Waals surface area (Å²) in [6, 6.07) is 2.33. The van der Waals surface area contributed by atoms with Gasteiger partial charge >= 0.3 is 6.09 Å². The largest absolute Gasteiger partial charge is 0.497 e. The van der Waals surface area contributed by atoms with Gasteiger partial charge in [-0.05, 0) is 79.8 Å². The Morgan fingerprint density at radius 1 is 1.00 bits per heavy atom. The van der Waals surface area contributed by atoms with Crippen LogP contribution in [0.15, 0.2) is 24.3 Å². The van der Waals surface area contributed by atoms with Gasteiger partial charge < -0.3 is 30.3 Å². The molecule has 1 aromatic carbocycles. The summed E-state index contributed by atoms with van der Waals surface area (Å²) in [6.07, 6.45) is 0.0726. The van der Waals surface area contributed by atoms with Gasteiger partial charge in [0.15, 0.2) is 0 Å². The Morgan fingerprint density at radius 2 is 1.68 bits per heavy atom. The molecule has 21 heteroatoms. The van der Waals surface area contributed by atoms with Gasteiger partial charge in [0.1, 0.15) is 29.4 Å². The molecule has 3 saturated carbocycles. The fourth-order valence-corrected chi connectivity index (χ4v) is 9.32. The number of sulfonamides is 1. The van der Waals surface area contributed by atoms with Gasteiger partial charge in [-0.15, -0.1) is 10.2 Å². The summed E-state index contributed by atoms with van der Waals surface area (Å²) in [5.74, 6) is -4.68. The molecule has 1 saturated heterocycles. The number of halogens is 2. The monoisotopic (exact) mass is 849 g/mol. The molecule has 2 heterocycles. The Bertz CT molecular complexity index is 2000. The average molecular weight is 850 g/mol. The lowest BCUT2D eigenvalue weighted by molar-refractivity contribution is -0.145. The number of aromatic nitrogens is 4. The van der Waals surface area contributed by atoms with Crippen LogP contribution in [0.25, 0.3) is 11.4 Å². The number of nitrogens with zero attached hydrogens (tertiary/aromatic N) is 5. The van der Waals surface area contributed by atoms with Crippen molar-refractivity contribution in [3.63, 3.8) is 0 Å². The van der Waals surface area contributed by atoms with E-state index in [1.54, 1.807) is 52.0 Å². The number of hydrogen-bond acceptors (Lipinski definition) is 12. The molecular formula is C38H53F2N9O9S. The highest BCUT2D eigenvalue weighted by Gasteiger charge is 2.67. The van der Waals surface area contributed by atoms with Crippen LogP contribution in [0.1, 0.15) is 91.5 Å². The summed E-state index contributed by atoms with van der Waals surface area (Å²) >= 11 is 0. The van der Waals surface area contributed by atoms with Crippen molar-refractivity contribution >= 4 is 39.7 Å². The van der Waals surface area contributed by atoms with Gasteiger partial charge in [-0.1, -0.05) is 40.0 Å². The molecular weight excluding hydrogens is 797 g/mol. The van der Waals surface area contributed by atoms with Crippen LogP contribution >= 0.6 is 0 Å². The lowest BCUT2D eigenvalue weighted by Gasteiger charge is -2.37. The number of tetrazole rings is 1. The Hall–Kier alpha value is -4.95. The van der Waals surface area contributed by atoms with Gasteiger partial charge in [0, 0.05) is 18.5 Å². The quantitative estimate of drug-likeness (QED) is 0.203. The van der Waals surface area contributed by atoms with Crippen molar-refractivity contribution in [2.24, 2.45) is 17.3 Å². The summed E-state index contributed by atoms with van der Waals surface area (Å²) in [4.78, 5) is 71.8. The molecule has 18 nitrogen and oxygen atoms in total. The molecule has 4 aliphatic rings. The van der Waals surface area contributed by atoms with Gasteiger partial charge in [-0.2, -0.15) is 4.80 Å². The molecule has 1 aliphatic heterocycles.